The fourth-order valence-corrected chi connectivity index (χ4v) is 4.37. The molecule has 1 saturated heterocycles. The summed E-state index contributed by atoms with van der Waals surface area (Å²) in [6.45, 7) is 3.05. The standard InChI is InChI=1S/C23H25N5O3S/c1-2-31-19-11-9-18(10-12-19)28-20(15-17-7-4-3-5-8-17)25-26-23(28)32-14-6-13-27-21(29)16-24-22(27)30/h3-5,7-12H,2,6,13-16H2,1H3,(H,24,30). The van der Waals surface area contributed by atoms with E-state index in [-0.39, 0.29) is 18.5 Å². The first-order valence-corrected chi connectivity index (χ1v) is 11.6. The highest BCUT2D eigenvalue weighted by atomic mass is 32.2. The van der Waals surface area contributed by atoms with Gasteiger partial charge < -0.3 is 10.1 Å². The Labute approximate surface area is 191 Å². The third-order valence-electron chi connectivity index (χ3n) is 5.01. The smallest absolute Gasteiger partial charge is 0.324 e. The van der Waals surface area contributed by atoms with E-state index < -0.39 is 0 Å². The van der Waals surface area contributed by atoms with E-state index in [1.165, 1.54) is 4.90 Å². The van der Waals surface area contributed by atoms with E-state index in [2.05, 4.69) is 32.2 Å². The van der Waals surface area contributed by atoms with Crippen LogP contribution in [0, 0.1) is 0 Å². The number of hydrogen-bond acceptors (Lipinski definition) is 6. The number of benzene rings is 2. The number of ether oxygens (including phenoxy) is 1. The highest BCUT2D eigenvalue weighted by Gasteiger charge is 2.27. The van der Waals surface area contributed by atoms with Gasteiger partial charge in [-0.15, -0.1) is 10.2 Å². The summed E-state index contributed by atoms with van der Waals surface area (Å²) in [7, 11) is 0. The molecule has 2 heterocycles. The van der Waals surface area contributed by atoms with Crippen LogP contribution in [-0.4, -0.2) is 57.1 Å². The van der Waals surface area contributed by atoms with Crippen LogP contribution in [0.4, 0.5) is 4.79 Å². The van der Waals surface area contributed by atoms with Gasteiger partial charge in [0, 0.05) is 24.4 Å². The maximum atomic E-state index is 11.7. The minimum Gasteiger partial charge on any atom is -0.494 e. The SMILES string of the molecule is CCOc1ccc(-n2c(Cc3ccccc3)nnc2SCCCN2C(=O)CNC2=O)cc1. The molecule has 0 bridgehead atoms. The Kier molecular flexibility index (Phi) is 7.06. The Morgan fingerprint density at radius 1 is 1.06 bits per heavy atom. The summed E-state index contributed by atoms with van der Waals surface area (Å²) in [6, 6.07) is 17.7. The minimum atomic E-state index is -0.317. The topological polar surface area (TPSA) is 89.3 Å². The van der Waals surface area contributed by atoms with Crippen LogP contribution in [0.25, 0.3) is 5.69 Å². The van der Waals surface area contributed by atoms with Crippen molar-refractivity contribution >= 4 is 23.7 Å². The monoisotopic (exact) mass is 451 g/mol. The van der Waals surface area contributed by atoms with E-state index in [0.29, 0.717) is 31.7 Å². The van der Waals surface area contributed by atoms with Crippen molar-refractivity contribution in [3.05, 3.63) is 66.0 Å². The average Bonchev–Trinajstić information content (AvgIpc) is 3.35. The average molecular weight is 452 g/mol. The molecule has 1 aromatic heterocycles. The van der Waals surface area contributed by atoms with Gasteiger partial charge in [0.2, 0.25) is 5.91 Å². The Bertz CT molecular complexity index is 1050. The number of hydrogen-bond donors (Lipinski definition) is 1. The van der Waals surface area contributed by atoms with Crippen molar-refractivity contribution in [2.75, 3.05) is 25.4 Å². The largest absolute Gasteiger partial charge is 0.494 e. The summed E-state index contributed by atoms with van der Waals surface area (Å²) < 4.78 is 7.63. The maximum absolute atomic E-state index is 11.7. The van der Waals surface area contributed by atoms with Crippen LogP contribution in [0.3, 0.4) is 0 Å². The van der Waals surface area contributed by atoms with Gasteiger partial charge in [0.1, 0.15) is 11.6 Å². The molecule has 0 aliphatic carbocycles. The van der Waals surface area contributed by atoms with Crippen molar-refractivity contribution in [1.29, 1.82) is 0 Å². The van der Waals surface area contributed by atoms with Gasteiger partial charge in [0.25, 0.3) is 0 Å². The van der Waals surface area contributed by atoms with E-state index in [9.17, 15) is 9.59 Å². The number of nitrogens with zero attached hydrogens (tertiary/aromatic N) is 4. The van der Waals surface area contributed by atoms with Crippen molar-refractivity contribution in [2.45, 2.75) is 24.9 Å². The lowest BCUT2D eigenvalue weighted by Crippen LogP contribution is -2.32. The lowest BCUT2D eigenvalue weighted by Gasteiger charge is -2.13. The Morgan fingerprint density at radius 3 is 2.53 bits per heavy atom. The zero-order valence-corrected chi connectivity index (χ0v) is 18.7. The first-order chi connectivity index (χ1) is 15.7. The first kappa shape index (κ1) is 21.9. The molecule has 1 N–H and O–H groups in total. The summed E-state index contributed by atoms with van der Waals surface area (Å²) in [5.41, 5.74) is 2.11. The van der Waals surface area contributed by atoms with E-state index in [1.807, 2.05) is 49.4 Å². The molecule has 2 aromatic carbocycles. The predicted octanol–water partition coefficient (Wildman–Crippen LogP) is 3.29. The molecule has 0 unspecified atom stereocenters. The highest BCUT2D eigenvalue weighted by Crippen LogP contribution is 2.25. The Morgan fingerprint density at radius 2 is 1.84 bits per heavy atom. The van der Waals surface area contributed by atoms with Crippen molar-refractivity contribution in [3.8, 4) is 11.4 Å². The van der Waals surface area contributed by atoms with Gasteiger partial charge in [-0.05, 0) is 43.2 Å². The molecule has 0 atom stereocenters. The van der Waals surface area contributed by atoms with Crippen LogP contribution >= 0.6 is 11.8 Å². The van der Waals surface area contributed by atoms with Crippen LogP contribution in [0.1, 0.15) is 24.7 Å². The highest BCUT2D eigenvalue weighted by molar-refractivity contribution is 7.99. The number of amides is 3. The second-order valence-electron chi connectivity index (χ2n) is 7.23. The lowest BCUT2D eigenvalue weighted by atomic mass is 10.1. The summed E-state index contributed by atoms with van der Waals surface area (Å²) in [5.74, 6) is 2.19. The number of imide groups is 1. The molecule has 1 fully saturated rings. The third kappa shape index (κ3) is 5.11. The number of thioether (sulfide) groups is 1. The second-order valence-corrected chi connectivity index (χ2v) is 8.29. The van der Waals surface area contributed by atoms with Gasteiger partial charge in [0.15, 0.2) is 5.16 Å². The number of rotatable bonds is 10. The van der Waals surface area contributed by atoms with Gasteiger partial charge in [0.05, 0.1) is 13.2 Å². The minimum absolute atomic E-state index is 0.0842. The zero-order valence-electron chi connectivity index (χ0n) is 17.9. The van der Waals surface area contributed by atoms with Crippen molar-refractivity contribution < 1.29 is 14.3 Å². The van der Waals surface area contributed by atoms with E-state index >= 15 is 0 Å². The normalized spacial score (nSPS) is 13.5. The maximum Gasteiger partial charge on any atom is 0.324 e. The van der Waals surface area contributed by atoms with Gasteiger partial charge >= 0.3 is 6.03 Å². The molecule has 9 heteroatoms. The Balaban J connectivity index is 1.50. The predicted molar refractivity (Wildman–Crippen MR) is 122 cm³/mol. The zero-order chi connectivity index (χ0) is 22.3. The molecule has 3 aromatic rings. The molecule has 0 radical (unpaired) electrons. The lowest BCUT2D eigenvalue weighted by molar-refractivity contribution is -0.124. The van der Waals surface area contributed by atoms with Gasteiger partial charge in [-0.3, -0.25) is 14.3 Å². The molecule has 1 aliphatic heterocycles. The van der Waals surface area contributed by atoms with Crippen LogP contribution in [-0.2, 0) is 11.2 Å². The molecule has 1 aliphatic rings. The van der Waals surface area contributed by atoms with Crippen LogP contribution in [0.5, 0.6) is 5.75 Å². The second kappa shape index (κ2) is 10.3. The van der Waals surface area contributed by atoms with Crippen LogP contribution < -0.4 is 10.1 Å². The van der Waals surface area contributed by atoms with E-state index in [4.69, 9.17) is 4.74 Å². The van der Waals surface area contributed by atoms with Crippen LogP contribution in [0.15, 0.2) is 59.8 Å². The van der Waals surface area contributed by atoms with Crippen molar-refractivity contribution in [1.82, 2.24) is 25.0 Å². The summed E-state index contributed by atoms with van der Waals surface area (Å²) >= 11 is 1.56. The molecule has 32 heavy (non-hydrogen) atoms. The van der Waals surface area contributed by atoms with Crippen molar-refractivity contribution in [2.24, 2.45) is 0 Å². The summed E-state index contributed by atoms with van der Waals surface area (Å²) in [5, 5.41) is 12.2. The Hall–Kier alpha value is -3.33. The number of aromatic nitrogens is 3. The fourth-order valence-electron chi connectivity index (χ4n) is 3.47. The summed E-state index contributed by atoms with van der Waals surface area (Å²) in [4.78, 5) is 24.7. The van der Waals surface area contributed by atoms with Gasteiger partial charge in [-0.1, -0.05) is 42.1 Å². The quantitative estimate of drug-likeness (QED) is 0.289. The van der Waals surface area contributed by atoms with Gasteiger partial charge in [-0.25, -0.2) is 4.79 Å². The third-order valence-corrected chi connectivity index (χ3v) is 6.02. The molecule has 4 rings (SSSR count). The molecule has 3 amide bonds. The number of carbonyl (C=O) groups is 2. The van der Waals surface area contributed by atoms with Crippen LogP contribution in [0.2, 0.25) is 0 Å². The number of carbonyl (C=O) groups excluding carboxylic acids is 2. The first-order valence-electron chi connectivity index (χ1n) is 10.6. The fraction of sp³-hybridized carbons (Fsp3) is 0.304. The van der Waals surface area contributed by atoms with E-state index in [1.54, 1.807) is 11.8 Å². The molecule has 0 spiro atoms. The number of urea groups is 1. The molecule has 8 nitrogen and oxygen atoms in total. The number of nitrogens with one attached hydrogen (secondary N) is 1. The molecular weight excluding hydrogens is 426 g/mol. The molecule has 166 valence electrons. The summed E-state index contributed by atoms with van der Waals surface area (Å²) in [6.07, 6.45) is 1.33. The molecular formula is C23H25N5O3S. The van der Waals surface area contributed by atoms with Crippen molar-refractivity contribution in [3.63, 3.8) is 0 Å². The molecule has 0 saturated carbocycles. The van der Waals surface area contributed by atoms with E-state index in [0.717, 1.165) is 28.0 Å². The van der Waals surface area contributed by atoms with Gasteiger partial charge in [-0.2, -0.15) is 0 Å².